The lowest BCUT2D eigenvalue weighted by Crippen LogP contribution is -2.21. The molecule has 3 N–H and O–H groups in total. The predicted molar refractivity (Wildman–Crippen MR) is 74.8 cm³/mol. The monoisotopic (exact) mass is 251 g/mol. The topological polar surface area (TPSA) is 55.5 Å². The molecule has 102 valence electrons. The van der Waals surface area contributed by atoms with Crippen LogP contribution in [-0.4, -0.2) is 24.4 Å². The normalized spacial score (nSPS) is 12.4. The molecule has 0 aromatic heterocycles. The van der Waals surface area contributed by atoms with Gasteiger partial charge in [0.1, 0.15) is 5.75 Å². The van der Waals surface area contributed by atoms with Crippen molar-refractivity contribution in [2.24, 2.45) is 5.73 Å². The van der Waals surface area contributed by atoms with Gasteiger partial charge in [0.15, 0.2) is 0 Å². The third-order valence-electron chi connectivity index (χ3n) is 2.91. The van der Waals surface area contributed by atoms with Crippen molar-refractivity contribution in [1.82, 2.24) is 0 Å². The zero-order valence-corrected chi connectivity index (χ0v) is 11.3. The van der Waals surface area contributed by atoms with Crippen molar-refractivity contribution in [2.45, 2.75) is 45.1 Å². The Labute approximate surface area is 110 Å². The average molecular weight is 251 g/mol. The Balaban J connectivity index is 2.35. The molecule has 0 radical (unpaired) electrons. The highest BCUT2D eigenvalue weighted by Crippen LogP contribution is 2.15. The van der Waals surface area contributed by atoms with Crippen molar-refractivity contribution in [3.05, 3.63) is 29.8 Å². The van der Waals surface area contributed by atoms with Crippen molar-refractivity contribution < 1.29 is 9.84 Å². The second-order valence-corrected chi connectivity index (χ2v) is 4.65. The molecule has 0 unspecified atom stereocenters. The van der Waals surface area contributed by atoms with E-state index in [1.807, 2.05) is 24.3 Å². The zero-order valence-electron chi connectivity index (χ0n) is 11.3. The molecule has 0 aliphatic carbocycles. The summed E-state index contributed by atoms with van der Waals surface area (Å²) >= 11 is 0. The van der Waals surface area contributed by atoms with Gasteiger partial charge in [-0.25, -0.2) is 0 Å². The molecule has 0 aliphatic rings. The summed E-state index contributed by atoms with van der Waals surface area (Å²) in [6, 6.07) is 7.89. The number of hydrogen-bond donors (Lipinski definition) is 2. The van der Waals surface area contributed by atoms with Gasteiger partial charge in [-0.2, -0.15) is 0 Å². The third kappa shape index (κ3) is 6.03. The number of hydrogen-bond acceptors (Lipinski definition) is 3. The van der Waals surface area contributed by atoms with E-state index in [2.05, 4.69) is 6.92 Å². The van der Waals surface area contributed by atoms with Crippen molar-refractivity contribution in [3.8, 4) is 5.75 Å². The van der Waals surface area contributed by atoms with Crippen molar-refractivity contribution >= 4 is 0 Å². The predicted octanol–water partition coefficient (Wildman–Crippen LogP) is 2.51. The Morgan fingerprint density at radius 1 is 1.28 bits per heavy atom. The maximum Gasteiger partial charge on any atom is 0.119 e. The van der Waals surface area contributed by atoms with Gasteiger partial charge < -0.3 is 15.6 Å². The fourth-order valence-electron chi connectivity index (χ4n) is 1.84. The van der Waals surface area contributed by atoms with E-state index in [-0.39, 0.29) is 0 Å². The minimum Gasteiger partial charge on any atom is -0.494 e. The van der Waals surface area contributed by atoms with Crippen molar-refractivity contribution in [1.29, 1.82) is 0 Å². The lowest BCUT2D eigenvalue weighted by atomic mass is 10.1. The molecule has 1 aromatic rings. The van der Waals surface area contributed by atoms with Crippen LogP contribution in [-0.2, 0) is 6.42 Å². The summed E-state index contributed by atoms with van der Waals surface area (Å²) in [5.74, 6) is 0.883. The van der Waals surface area contributed by atoms with Crippen LogP contribution in [0.4, 0.5) is 0 Å². The van der Waals surface area contributed by atoms with Crippen LogP contribution in [0.25, 0.3) is 0 Å². The molecule has 0 bridgehead atoms. The maximum atomic E-state index is 9.51. The van der Waals surface area contributed by atoms with E-state index in [0.717, 1.165) is 24.3 Å². The van der Waals surface area contributed by atoms with E-state index in [0.29, 0.717) is 13.0 Å². The minimum absolute atomic E-state index is 0.294. The van der Waals surface area contributed by atoms with E-state index in [9.17, 15) is 5.11 Å². The number of aliphatic hydroxyl groups excluding tert-OH is 1. The molecule has 18 heavy (non-hydrogen) atoms. The Morgan fingerprint density at radius 2 is 2.11 bits per heavy atom. The second-order valence-electron chi connectivity index (χ2n) is 4.65. The van der Waals surface area contributed by atoms with Gasteiger partial charge in [-0.05, 0) is 30.5 Å². The molecule has 0 fully saturated rings. The summed E-state index contributed by atoms with van der Waals surface area (Å²) in [5.41, 5.74) is 6.47. The number of benzene rings is 1. The van der Waals surface area contributed by atoms with Gasteiger partial charge in [-0.15, -0.1) is 0 Å². The minimum atomic E-state index is -0.468. The highest BCUT2D eigenvalue weighted by atomic mass is 16.5. The van der Waals surface area contributed by atoms with Crippen molar-refractivity contribution in [2.75, 3.05) is 13.2 Å². The lowest BCUT2D eigenvalue weighted by Gasteiger charge is -2.10. The average Bonchev–Trinajstić information content (AvgIpc) is 2.39. The molecule has 0 spiro atoms. The standard InChI is InChI=1S/C15H25NO2/c1-2-3-4-5-9-18-15-8-6-7-13(11-15)10-14(17)12-16/h6-8,11,14,17H,2-5,9-10,12,16H2,1H3/t14-/m0/s1. The number of unbranched alkanes of at least 4 members (excludes halogenated alkanes) is 3. The Morgan fingerprint density at radius 3 is 2.83 bits per heavy atom. The third-order valence-corrected chi connectivity index (χ3v) is 2.91. The highest BCUT2D eigenvalue weighted by molar-refractivity contribution is 5.28. The Bertz CT molecular complexity index is 328. The van der Waals surface area contributed by atoms with Gasteiger partial charge in [-0.1, -0.05) is 38.3 Å². The van der Waals surface area contributed by atoms with E-state index < -0.39 is 6.10 Å². The molecule has 0 heterocycles. The molecular formula is C15H25NO2. The van der Waals surface area contributed by atoms with Crippen LogP contribution in [0.2, 0.25) is 0 Å². The first-order valence-corrected chi connectivity index (χ1v) is 6.86. The fraction of sp³-hybridized carbons (Fsp3) is 0.600. The van der Waals surface area contributed by atoms with E-state index in [1.165, 1.54) is 19.3 Å². The molecule has 0 saturated heterocycles. The molecule has 0 amide bonds. The van der Waals surface area contributed by atoms with Crippen LogP contribution in [0.1, 0.15) is 38.2 Å². The van der Waals surface area contributed by atoms with Crippen LogP contribution in [0.15, 0.2) is 24.3 Å². The van der Waals surface area contributed by atoms with Gasteiger partial charge in [0.2, 0.25) is 0 Å². The van der Waals surface area contributed by atoms with Crippen LogP contribution in [0, 0.1) is 0 Å². The molecular weight excluding hydrogens is 226 g/mol. The molecule has 1 rings (SSSR count). The lowest BCUT2D eigenvalue weighted by molar-refractivity contribution is 0.183. The second kappa shape index (κ2) is 8.95. The summed E-state index contributed by atoms with van der Waals surface area (Å²) in [6.07, 6.45) is 4.96. The first kappa shape index (κ1) is 15.0. The SMILES string of the molecule is CCCCCCOc1cccc(C[C@H](O)CN)c1. The van der Waals surface area contributed by atoms with Gasteiger partial charge in [-0.3, -0.25) is 0 Å². The van der Waals surface area contributed by atoms with Gasteiger partial charge in [0, 0.05) is 6.54 Å². The number of rotatable bonds is 9. The van der Waals surface area contributed by atoms with E-state index in [4.69, 9.17) is 10.5 Å². The molecule has 1 atom stereocenters. The first-order chi connectivity index (χ1) is 8.76. The van der Waals surface area contributed by atoms with Gasteiger partial charge >= 0.3 is 0 Å². The van der Waals surface area contributed by atoms with Crippen LogP contribution in [0.5, 0.6) is 5.75 Å². The van der Waals surface area contributed by atoms with Gasteiger partial charge in [0.05, 0.1) is 12.7 Å². The zero-order chi connectivity index (χ0) is 13.2. The molecule has 1 aromatic carbocycles. The highest BCUT2D eigenvalue weighted by Gasteiger charge is 2.04. The molecule has 3 heteroatoms. The van der Waals surface area contributed by atoms with Crippen LogP contribution >= 0.6 is 0 Å². The number of aliphatic hydroxyl groups is 1. The summed E-state index contributed by atoms with van der Waals surface area (Å²) in [7, 11) is 0. The summed E-state index contributed by atoms with van der Waals surface area (Å²) in [4.78, 5) is 0. The van der Waals surface area contributed by atoms with E-state index >= 15 is 0 Å². The fourth-order valence-corrected chi connectivity index (χ4v) is 1.84. The number of ether oxygens (including phenoxy) is 1. The molecule has 3 nitrogen and oxygen atoms in total. The first-order valence-electron chi connectivity index (χ1n) is 6.86. The maximum absolute atomic E-state index is 9.51. The van der Waals surface area contributed by atoms with Crippen LogP contribution in [0.3, 0.4) is 0 Å². The largest absolute Gasteiger partial charge is 0.494 e. The quantitative estimate of drug-likeness (QED) is 0.663. The summed E-state index contributed by atoms with van der Waals surface area (Å²) < 4.78 is 5.70. The smallest absolute Gasteiger partial charge is 0.119 e. The van der Waals surface area contributed by atoms with Crippen molar-refractivity contribution in [3.63, 3.8) is 0 Å². The number of nitrogens with two attached hydrogens (primary N) is 1. The molecule has 0 saturated carbocycles. The summed E-state index contributed by atoms with van der Waals surface area (Å²) in [5, 5.41) is 9.51. The molecule has 0 aliphatic heterocycles. The van der Waals surface area contributed by atoms with E-state index in [1.54, 1.807) is 0 Å². The Hall–Kier alpha value is -1.06. The van der Waals surface area contributed by atoms with Gasteiger partial charge in [0.25, 0.3) is 0 Å². The Kier molecular flexibility index (Phi) is 7.46. The van der Waals surface area contributed by atoms with Crippen LogP contribution < -0.4 is 10.5 Å². The summed E-state index contributed by atoms with van der Waals surface area (Å²) in [6.45, 7) is 3.26.